The highest BCUT2D eigenvalue weighted by molar-refractivity contribution is 5.93. The summed E-state index contributed by atoms with van der Waals surface area (Å²) in [6, 6.07) is 6.63. The van der Waals surface area contributed by atoms with Crippen molar-refractivity contribution in [1.29, 1.82) is 0 Å². The number of benzene rings is 1. The zero-order valence-electron chi connectivity index (χ0n) is 10.1. The SMILES string of the molecule is NC(=O)c1cccc(CNC(=O)[C@@H]2C[C@@H]2C(=O)O)c1. The molecule has 19 heavy (non-hydrogen) atoms. The topological polar surface area (TPSA) is 109 Å². The first-order valence-corrected chi connectivity index (χ1v) is 5.88. The third-order valence-electron chi connectivity index (χ3n) is 3.12. The van der Waals surface area contributed by atoms with Crippen LogP contribution in [-0.2, 0) is 16.1 Å². The number of carbonyl (C=O) groups excluding carboxylic acids is 2. The van der Waals surface area contributed by atoms with Crippen LogP contribution >= 0.6 is 0 Å². The molecule has 4 N–H and O–H groups in total. The fourth-order valence-electron chi connectivity index (χ4n) is 1.91. The van der Waals surface area contributed by atoms with Gasteiger partial charge in [-0.05, 0) is 24.1 Å². The summed E-state index contributed by atoms with van der Waals surface area (Å²) in [6.45, 7) is 0.253. The minimum atomic E-state index is -0.934. The molecule has 1 saturated carbocycles. The number of nitrogens with one attached hydrogen (secondary N) is 1. The lowest BCUT2D eigenvalue weighted by molar-refractivity contribution is -0.140. The highest BCUT2D eigenvalue weighted by Gasteiger charge is 2.48. The molecule has 2 amide bonds. The second kappa shape index (κ2) is 5.09. The van der Waals surface area contributed by atoms with E-state index in [0.29, 0.717) is 12.0 Å². The highest BCUT2D eigenvalue weighted by atomic mass is 16.4. The third-order valence-corrected chi connectivity index (χ3v) is 3.12. The van der Waals surface area contributed by atoms with Gasteiger partial charge in [-0.25, -0.2) is 0 Å². The summed E-state index contributed by atoms with van der Waals surface area (Å²) < 4.78 is 0. The summed E-state index contributed by atoms with van der Waals surface area (Å²) in [6.07, 6.45) is 0.391. The zero-order valence-corrected chi connectivity index (χ0v) is 10.1. The predicted molar refractivity (Wildman–Crippen MR) is 66.0 cm³/mol. The monoisotopic (exact) mass is 262 g/mol. The number of carboxylic acids is 1. The number of amides is 2. The van der Waals surface area contributed by atoms with Gasteiger partial charge >= 0.3 is 5.97 Å². The molecule has 6 nitrogen and oxygen atoms in total. The Kier molecular flexibility index (Phi) is 3.50. The average molecular weight is 262 g/mol. The number of primary amides is 1. The van der Waals surface area contributed by atoms with Crippen molar-refractivity contribution in [1.82, 2.24) is 5.32 Å². The molecule has 1 aliphatic carbocycles. The van der Waals surface area contributed by atoms with Crippen molar-refractivity contribution in [2.75, 3.05) is 0 Å². The minimum Gasteiger partial charge on any atom is -0.481 e. The van der Waals surface area contributed by atoms with Gasteiger partial charge in [-0.1, -0.05) is 12.1 Å². The summed E-state index contributed by atoms with van der Waals surface area (Å²) >= 11 is 0. The lowest BCUT2D eigenvalue weighted by Gasteiger charge is -2.05. The van der Waals surface area contributed by atoms with Crippen LogP contribution in [0.1, 0.15) is 22.3 Å². The molecule has 6 heteroatoms. The van der Waals surface area contributed by atoms with Crippen LogP contribution in [0.4, 0.5) is 0 Å². The third kappa shape index (κ3) is 3.09. The van der Waals surface area contributed by atoms with E-state index in [1.54, 1.807) is 24.3 Å². The molecule has 0 spiro atoms. The number of hydrogen-bond acceptors (Lipinski definition) is 3. The summed E-state index contributed by atoms with van der Waals surface area (Å²) in [5.74, 6) is -2.72. The van der Waals surface area contributed by atoms with Crippen molar-refractivity contribution in [3.63, 3.8) is 0 Å². The average Bonchev–Trinajstić information content (AvgIpc) is 3.16. The van der Waals surface area contributed by atoms with Crippen LogP contribution in [0, 0.1) is 11.8 Å². The fourth-order valence-corrected chi connectivity index (χ4v) is 1.91. The van der Waals surface area contributed by atoms with E-state index in [9.17, 15) is 14.4 Å². The quantitative estimate of drug-likeness (QED) is 0.700. The lowest BCUT2D eigenvalue weighted by Crippen LogP contribution is -2.26. The smallest absolute Gasteiger partial charge is 0.307 e. The van der Waals surface area contributed by atoms with Crippen molar-refractivity contribution in [2.45, 2.75) is 13.0 Å². The normalized spacial score (nSPS) is 20.6. The van der Waals surface area contributed by atoms with E-state index in [2.05, 4.69) is 5.32 Å². The Hall–Kier alpha value is -2.37. The van der Waals surface area contributed by atoms with Crippen molar-refractivity contribution in [3.05, 3.63) is 35.4 Å². The molecule has 100 valence electrons. The minimum absolute atomic E-state index is 0.253. The molecule has 1 aromatic carbocycles. The van der Waals surface area contributed by atoms with Gasteiger partial charge in [-0.2, -0.15) is 0 Å². The second-order valence-electron chi connectivity index (χ2n) is 4.57. The van der Waals surface area contributed by atoms with E-state index in [1.165, 1.54) is 0 Å². The number of nitrogens with two attached hydrogens (primary N) is 1. The van der Waals surface area contributed by atoms with Crippen LogP contribution < -0.4 is 11.1 Å². The molecule has 1 aliphatic rings. The Morgan fingerprint density at radius 3 is 2.63 bits per heavy atom. The Bertz CT molecular complexity index is 541. The zero-order chi connectivity index (χ0) is 14.0. The van der Waals surface area contributed by atoms with Gasteiger partial charge in [0.2, 0.25) is 11.8 Å². The van der Waals surface area contributed by atoms with E-state index in [4.69, 9.17) is 10.8 Å². The number of hydrogen-bond donors (Lipinski definition) is 3. The van der Waals surface area contributed by atoms with E-state index in [0.717, 1.165) is 5.56 Å². The van der Waals surface area contributed by atoms with Gasteiger partial charge in [0.05, 0.1) is 11.8 Å². The van der Waals surface area contributed by atoms with Gasteiger partial charge in [0.1, 0.15) is 0 Å². The van der Waals surface area contributed by atoms with Gasteiger partial charge in [-0.15, -0.1) is 0 Å². The number of carboxylic acid groups (broad SMARTS) is 1. The first kappa shape index (κ1) is 13.1. The predicted octanol–water partition coefficient (Wildman–Crippen LogP) is 0.122. The first-order chi connectivity index (χ1) is 8.99. The van der Waals surface area contributed by atoms with E-state index >= 15 is 0 Å². The summed E-state index contributed by atoms with van der Waals surface area (Å²) in [5, 5.41) is 11.4. The molecule has 0 unspecified atom stereocenters. The molecule has 2 atom stereocenters. The number of rotatable bonds is 5. The Morgan fingerprint density at radius 1 is 1.32 bits per heavy atom. The molecule has 0 radical (unpaired) electrons. The first-order valence-electron chi connectivity index (χ1n) is 5.88. The maximum atomic E-state index is 11.6. The fraction of sp³-hybridized carbons (Fsp3) is 0.308. The van der Waals surface area contributed by atoms with Crippen LogP contribution in [0.3, 0.4) is 0 Å². The van der Waals surface area contributed by atoms with Crippen molar-refractivity contribution in [3.8, 4) is 0 Å². The van der Waals surface area contributed by atoms with Gasteiger partial charge in [0, 0.05) is 12.1 Å². The second-order valence-corrected chi connectivity index (χ2v) is 4.57. The molecule has 0 aromatic heterocycles. The molecular formula is C13H14N2O4. The Balaban J connectivity index is 1.89. The van der Waals surface area contributed by atoms with Crippen molar-refractivity contribution < 1.29 is 19.5 Å². The van der Waals surface area contributed by atoms with Gasteiger partial charge in [0.15, 0.2) is 0 Å². The van der Waals surface area contributed by atoms with E-state index in [1.807, 2.05) is 0 Å². The largest absolute Gasteiger partial charge is 0.481 e. The summed E-state index contributed by atoms with van der Waals surface area (Å²) in [4.78, 5) is 33.3. The van der Waals surface area contributed by atoms with Crippen molar-refractivity contribution in [2.24, 2.45) is 17.6 Å². The van der Waals surface area contributed by atoms with Crippen LogP contribution in [0.25, 0.3) is 0 Å². The van der Waals surface area contributed by atoms with Gasteiger partial charge < -0.3 is 16.2 Å². The molecule has 1 aromatic rings. The van der Waals surface area contributed by atoms with Crippen LogP contribution in [-0.4, -0.2) is 22.9 Å². The van der Waals surface area contributed by atoms with Crippen LogP contribution in [0.2, 0.25) is 0 Å². The molecule has 0 aliphatic heterocycles. The van der Waals surface area contributed by atoms with Crippen LogP contribution in [0.15, 0.2) is 24.3 Å². The summed E-state index contributed by atoms with van der Waals surface area (Å²) in [7, 11) is 0. The van der Waals surface area contributed by atoms with E-state index < -0.39 is 23.7 Å². The molecule has 2 rings (SSSR count). The molecule has 0 saturated heterocycles. The molecule has 0 heterocycles. The van der Waals surface area contributed by atoms with Crippen molar-refractivity contribution >= 4 is 17.8 Å². The lowest BCUT2D eigenvalue weighted by atomic mass is 10.1. The Morgan fingerprint density at radius 2 is 2.05 bits per heavy atom. The van der Waals surface area contributed by atoms with Gasteiger partial charge in [-0.3, -0.25) is 14.4 Å². The Labute approximate surface area is 109 Å². The molecule has 0 bridgehead atoms. The maximum Gasteiger partial charge on any atom is 0.307 e. The highest BCUT2D eigenvalue weighted by Crippen LogP contribution is 2.38. The maximum absolute atomic E-state index is 11.6. The number of carbonyl (C=O) groups is 3. The van der Waals surface area contributed by atoms with Gasteiger partial charge in [0.25, 0.3) is 0 Å². The molecule has 1 fully saturated rings. The number of aliphatic carboxylic acids is 1. The van der Waals surface area contributed by atoms with E-state index in [-0.39, 0.29) is 12.5 Å². The summed E-state index contributed by atoms with van der Waals surface area (Å²) in [5.41, 5.74) is 6.28. The van der Waals surface area contributed by atoms with Crippen LogP contribution in [0.5, 0.6) is 0 Å². The molecular weight excluding hydrogens is 248 g/mol. The standard InChI is InChI=1S/C13H14N2O4/c14-11(16)8-3-1-2-7(4-8)6-15-12(17)9-5-10(9)13(18)19/h1-4,9-10H,5-6H2,(H2,14,16)(H,15,17)(H,18,19)/t9-,10+/m1/s1.